The molecule has 0 N–H and O–H groups in total. The molecule has 4 aromatic rings. The van der Waals surface area contributed by atoms with Crippen LogP contribution in [0.2, 0.25) is 0 Å². The number of hydrogen-bond acceptors (Lipinski definition) is 4. The first kappa shape index (κ1) is 17.5. The van der Waals surface area contributed by atoms with Gasteiger partial charge in [0.05, 0.1) is 11.4 Å². The van der Waals surface area contributed by atoms with E-state index in [0.29, 0.717) is 11.8 Å². The van der Waals surface area contributed by atoms with Crippen molar-refractivity contribution in [3.05, 3.63) is 54.1 Å². The summed E-state index contributed by atoms with van der Waals surface area (Å²) in [7, 11) is 0. The molecule has 146 valence electrons. The normalized spacial score (nSPS) is 18.3. The molecule has 0 bridgehead atoms. The van der Waals surface area contributed by atoms with Crippen molar-refractivity contribution in [1.29, 1.82) is 0 Å². The van der Waals surface area contributed by atoms with Crippen LogP contribution in [0.25, 0.3) is 31.6 Å². The van der Waals surface area contributed by atoms with Crippen molar-refractivity contribution in [2.24, 2.45) is 0 Å². The summed E-state index contributed by atoms with van der Waals surface area (Å²) < 4.78 is 1.30. The SMILES string of the molecule is c1ccc(-c2cccc3c2sc2nc(C4CCCC4)nc(C4CCCC4)c23)nc1. The second-order valence-electron chi connectivity index (χ2n) is 8.61. The number of pyridine rings is 1. The zero-order chi connectivity index (χ0) is 19.2. The molecule has 0 saturated heterocycles. The van der Waals surface area contributed by atoms with Gasteiger partial charge in [0.1, 0.15) is 10.7 Å². The van der Waals surface area contributed by atoms with Crippen LogP contribution < -0.4 is 0 Å². The smallest absolute Gasteiger partial charge is 0.133 e. The van der Waals surface area contributed by atoms with Gasteiger partial charge in [-0.25, -0.2) is 9.97 Å². The van der Waals surface area contributed by atoms with Crippen molar-refractivity contribution >= 4 is 31.6 Å². The quantitative estimate of drug-likeness (QED) is 0.365. The Labute approximate surface area is 175 Å². The standard InChI is InChI=1S/C25H25N3S/c1-2-9-16(8-1)22-21-19-13-7-12-18(20-14-5-6-15-26-20)23(19)29-25(21)28-24(27-22)17-10-3-4-11-17/h5-7,12-17H,1-4,8-11H2. The number of thiophene rings is 1. The Balaban J connectivity index is 1.62. The molecule has 0 spiro atoms. The largest absolute Gasteiger partial charge is 0.256 e. The van der Waals surface area contributed by atoms with E-state index in [1.807, 2.05) is 23.6 Å². The topological polar surface area (TPSA) is 38.7 Å². The second kappa shape index (κ2) is 7.17. The molecule has 2 aliphatic rings. The molecule has 1 aromatic carbocycles. The molecule has 3 aromatic heterocycles. The molecule has 3 nitrogen and oxygen atoms in total. The molecule has 29 heavy (non-hydrogen) atoms. The van der Waals surface area contributed by atoms with Crippen LogP contribution in [0.3, 0.4) is 0 Å². The van der Waals surface area contributed by atoms with Crippen LogP contribution in [-0.2, 0) is 0 Å². The number of rotatable bonds is 3. The fraction of sp³-hybridized carbons (Fsp3) is 0.400. The van der Waals surface area contributed by atoms with Crippen molar-refractivity contribution in [2.45, 2.75) is 63.2 Å². The number of hydrogen-bond donors (Lipinski definition) is 0. The molecule has 2 saturated carbocycles. The molecule has 0 atom stereocenters. The first-order chi connectivity index (χ1) is 14.4. The van der Waals surface area contributed by atoms with Gasteiger partial charge in [-0.15, -0.1) is 11.3 Å². The third kappa shape index (κ3) is 2.96. The van der Waals surface area contributed by atoms with Crippen molar-refractivity contribution in [3.8, 4) is 11.3 Å². The Bertz CT molecular complexity index is 1170. The van der Waals surface area contributed by atoms with Gasteiger partial charge in [0.15, 0.2) is 0 Å². The van der Waals surface area contributed by atoms with E-state index in [1.54, 1.807) is 0 Å². The molecule has 2 fully saturated rings. The van der Waals surface area contributed by atoms with E-state index >= 15 is 0 Å². The van der Waals surface area contributed by atoms with Gasteiger partial charge in [-0.1, -0.05) is 49.9 Å². The van der Waals surface area contributed by atoms with Gasteiger partial charge in [0, 0.05) is 39.1 Å². The van der Waals surface area contributed by atoms with Gasteiger partial charge in [-0.3, -0.25) is 4.98 Å². The monoisotopic (exact) mass is 399 g/mol. The highest BCUT2D eigenvalue weighted by atomic mass is 32.1. The molecule has 0 aliphatic heterocycles. The molecular weight excluding hydrogens is 374 g/mol. The third-order valence-electron chi connectivity index (χ3n) is 6.81. The van der Waals surface area contributed by atoms with Gasteiger partial charge in [-0.05, 0) is 37.8 Å². The minimum Gasteiger partial charge on any atom is -0.256 e. The van der Waals surface area contributed by atoms with Gasteiger partial charge in [0.2, 0.25) is 0 Å². The summed E-state index contributed by atoms with van der Waals surface area (Å²) in [5.74, 6) is 2.26. The van der Waals surface area contributed by atoms with E-state index in [0.717, 1.165) is 11.5 Å². The van der Waals surface area contributed by atoms with Crippen molar-refractivity contribution in [3.63, 3.8) is 0 Å². The van der Waals surface area contributed by atoms with E-state index in [-0.39, 0.29) is 0 Å². The first-order valence-electron chi connectivity index (χ1n) is 11.0. The highest BCUT2D eigenvalue weighted by Gasteiger charge is 2.28. The van der Waals surface area contributed by atoms with Crippen molar-refractivity contribution < 1.29 is 0 Å². The van der Waals surface area contributed by atoms with Crippen LogP contribution in [-0.4, -0.2) is 15.0 Å². The molecular formula is C25H25N3S. The third-order valence-corrected chi connectivity index (χ3v) is 7.94. The van der Waals surface area contributed by atoms with E-state index in [4.69, 9.17) is 9.97 Å². The van der Waals surface area contributed by atoms with Gasteiger partial charge < -0.3 is 0 Å². The Morgan fingerprint density at radius 1 is 0.793 bits per heavy atom. The Kier molecular flexibility index (Phi) is 4.33. The molecule has 6 rings (SSSR count). The Hall–Kier alpha value is -2.33. The zero-order valence-electron chi connectivity index (χ0n) is 16.6. The van der Waals surface area contributed by atoms with Crippen LogP contribution in [0.4, 0.5) is 0 Å². The number of nitrogens with zero attached hydrogens (tertiary/aromatic N) is 3. The van der Waals surface area contributed by atoms with E-state index in [9.17, 15) is 0 Å². The lowest BCUT2D eigenvalue weighted by Crippen LogP contribution is -2.06. The average molecular weight is 400 g/mol. The fourth-order valence-corrected chi connectivity index (χ4v) is 6.54. The molecule has 0 amide bonds. The van der Waals surface area contributed by atoms with Crippen molar-refractivity contribution in [1.82, 2.24) is 15.0 Å². The Morgan fingerprint density at radius 2 is 1.59 bits per heavy atom. The van der Waals surface area contributed by atoms with Crippen LogP contribution in [0.15, 0.2) is 42.6 Å². The lowest BCUT2D eigenvalue weighted by molar-refractivity contribution is 0.643. The van der Waals surface area contributed by atoms with Crippen LogP contribution in [0, 0.1) is 0 Å². The van der Waals surface area contributed by atoms with E-state index < -0.39 is 0 Å². The molecule has 3 heterocycles. The van der Waals surface area contributed by atoms with Gasteiger partial charge in [-0.2, -0.15) is 0 Å². The lowest BCUT2D eigenvalue weighted by atomic mass is 9.97. The van der Waals surface area contributed by atoms with Crippen LogP contribution in [0.5, 0.6) is 0 Å². The summed E-state index contributed by atoms with van der Waals surface area (Å²) in [5.41, 5.74) is 3.58. The number of benzene rings is 1. The second-order valence-corrected chi connectivity index (χ2v) is 9.61. The summed E-state index contributed by atoms with van der Waals surface area (Å²) in [6, 6.07) is 12.8. The fourth-order valence-electron chi connectivity index (χ4n) is 5.33. The maximum Gasteiger partial charge on any atom is 0.133 e. The summed E-state index contributed by atoms with van der Waals surface area (Å²) in [5, 5.41) is 2.63. The van der Waals surface area contributed by atoms with E-state index in [2.05, 4.69) is 35.3 Å². The molecule has 4 heteroatoms. The summed E-state index contributed by atoms with van der Waals surface area (Å²) in [6.07, 6.45) is 12.2. The summed E-state index contributed by atoms with van der Waals surface area (Å²) >= 11 is 1.84. The molecule has 0 radical (unpaired) electrons. The number of fused-ring (bicyclic) bond motifs is 3. The van der Waals surface area contributed by atoms with Crippen molar-refractivity contribution in [2.75, 3.05) is 0 Å². The maximum atomic E-state index is 5.27. The maximum absolute atomic E-state index is 5.27. The summed E-state index contributed by atoms with van der Waals surface area (Å²) in [6.45, 7) is 0. The minimum absolute atomic E-state index is 0.556. The number of aromatic nitrogens is 3. The summed E-state index contributed by atoms with van der Waals surface area (Å²) in [4.78, 5) is 16.2. The Morgan fingerprint density at radius 3 is 2.34 bits per heavy atom. The van der Waals surface area contributed by atoms with Crippen LogP contribution >= 0.6 is 11.3 Å². The molecule has 2 aliphatic carbocycles. The molecule has 0 unspecified atom stereocenters. The van der Waals surface area contributed by atoms with E-state index in [1.165, 1.54) is 82.9 Å². The highest BCUT2D eigenvalue weighted by molar-refractivity contribution is 7.26. The average Bonchev–Trinajstić information content (AvgIpc) is 3.54. The first-order valence-corrected chi connectivity index (χ1v) is 11.8. The van der Waals surface area contributed by atoms with Gasteiger partial charge >= 0.3 is 0 Å². The predicted octanol–water partition coefficient (Wildman–Crippen LogP) is 7.22. The lowest BCUT2D eigenvalue weighted by Gasteiger charge is -2.15. The predicted molar refractivity (Wildman–Crippen MR) is 121 cm³/mol. The van der Waals surface area contributed by atoms with Crippen LogP contribution in [0.1, 0.15) is 74.7 Å². The minimum atomic E-state index is 0.556. The van der Waals surface area contributed by atoms with Gasteiger partial charge in [0.25, 0.3) is 0 Å². The zero-order valence-corrected chi connectivity index (χ0v) is 17.4. The highest BCUT2D eigenvalue weighted by Crippen LogP contribution is 2.45.